The highest BCUT2D eigenvalue weighted by Gasteiger charge is 2.20. The third kappa shape index (κ3) is 4.13. The molecule has 0 aromatic heterocycles. The van der Waals surface area contributed by atoms with Gasteiger partial charge in [0.1, 0.15) is 0 Å². The zero-order valence-corrected chi connectivity index (χ0v) is 16.5. The summed E-state index contributed by atoms with van der Waals surface area (Å²) in [6.07, 6.45) is 0. The summed E-state index contributed by atoms with van der Waals surface area (Å²) in [5.74, 6) is 0.650. The number of rotatable bonds is 5. The molecule has 3 aromatic carbocycles. The standard InChI is InChI=1S/C20H15ClN2O5S/c21-13-5-8-15(9-6-13)29(25,26)23-17-4-2-1-3-16(17)20(24)22-14-7-10-18-19(11-14)28-12-27-18/h1-11,23H,12H2,(H,22,24). The summed E-state index contributed by atoms with van der Waals surface area (Å²) in [7, 11) is -3.89. The van der Waals surface area contributed by atoms with Crippen LogP contribution in [0.3, 0.4) is 0 Å². The number of hydrogen-bond donors (Lipinski definition) is 2. The Labute approximate surface area is 172 Å². The van der Waals surface area contributed by atoms with E-state index in [0.29, 0.717) is 22.2 Å². The smallest absolute Gasteiger partial charge is 0.261 e. The quantitative estimate of drug-likeness (QED) is 0.635. The van der Waals surface area contributed by atoms with Crippen molar-refractivity contribution in [1.29, 1.82) is 0 Å². The molecule has 9 heteroatoms. The Balaban J connectivity index is 1.58. The molecule has 0 fully saturated rings. The van der Waals surface area contributed by atoms with E-state index < -0.39 is 15.9 Å². The van der Waals surface area contributed by atoms with Gasteiger partial charge >= 0.3 is 0 Å². The van der Waals surface area contributed by atoms with E-state index in [-0.39, 0.29) is 22.9 Å². The van der Waals surface area contributed by atoms with Crippen LogP contribution in [0.25, 0.3) is 0 Å². The van der Waals surface area contributed by atoms with Gasteiger partial charge in [-0.2, -0.15) is 0 Å². The number of hydrogen-bond acceptors (Lipinski definition) is 5. The molecular weight excluding hydrogens is 416 g/mol. The molecule has 0 spiro atoms. The van der Waals surface area contributed by atoms with E-state index in [4.69, 9.17) is 21.1 Å². The minimum absolute atomic E-state index is 0.0351. The fourth-order valence-electron chi connectivity index (χ4n) is 2.76. The van der Waals surface area contributed by atoms with Gasteiger partial charge in [-0.3, -0.25) is 9.52 Å². The zero-order valence-electron chi connectivity index (χ0n) is 14.9. The van der Waals surface area contributed by atoms with Crippen molar-refractivity contribution < 1.29 is 22.7 Å². The third-order valence-electron chi connectivity index (χ3n) is 4.17. The van der Waals surface area contributed by atoms with E-state index >= 15 is 0 Å². The average molecular weight is 431 g/mol. The number of halogens is 1. The topological polar surface area (TPSA) is 93.7 Å². The third-order valence-corrected chi connectivity index (χ3v) is 5.80. The van der Waals surface area contributed by atoms with Crippen LogP contribution in [0.5, 0.6) is 11.5 Å². The van der Waals surface area contributed by atoms with Crippen molar-refractivity contribution in [2.75, 3.05) is 16.8 Å². The molecule has 1 aliphatic rings. The predicted octanol–water partition coefficient (Wildman–Crippen LogP) is 4.12. The Kier molecular flexibility index (Phi) is 5.04. The van der Waals surface area contributed by atoms with E-state index in [0.717, 1.165) is 0 Å². The van der Waals surface area contributed by atoms with Crippen molar-refractivity contribution in [3.05, 3.63) is 77.3 Å². The molecule has 4 rings (SSSR count). The predicted molar refractivity (Wildman–Crippen MR) is 109 cm³/mol. The van der Waals surface area contributed by atoms with Crippen LogP contribution < -0.4 is 19.5 Å². The number of benzene rings is 3. The average Bonchev–Trinajstić information content (AvgIpc) is 3.16. The van der Waals surface area contributed by atoms with Crippen molar-refractivity contribution in [1.82, 2.24) is 0 Å². The first kappa shape index (κ1) is 19.1. The first-order chi connectivity index (χ1) is 13.9. The lowest BCUT2D eigenvalue weighted by Gasteiger charge is -2.13. The molecule has 0 bridgehead atoms. The number of fused-ring (bicyclic) bond motifs is 1. The molecule has 7 nitrogen and oxygen atoms in total. The van der Waals surface area contributed by atoms with Gasteiger partial charge in [-0.05, 0) is 48.5 Å². The Hall–Kier alpha value is -3.23. The van der Waals surface area contributed by atoms with Crippen molar-refractivity contribution in [2.45, 2.75) is 4.90 Å². The fourth-order valence-corrected chi connectivity index (χ4v) is 3.97. The number of ether oxygens (including phenoxy) is 2. The molecular formula is C20H15ClN2O5S. The minimum atomic E-state index is -3.89. The van der Waals surface area contributed by atoms with Crippen molar-refractivity contribution in [3.63, 3.8) is 0 Å². The molecule has 1 heterocycles. The zero-order chi connectivity index (χ0) is 20.4. The van der Waals surface area contributed by atoms with E-state index in [9.17, 15) is 13.2 Å². The molecule has 0 aliphatic carbocycles. The van der Waals surface area contributed by atoms with Crippen LogP contribution >= 0.6 is 11.6 Å². The van der Waals surface area contributed by atoms with E-state index in [2.05, 4.69) is 10.0 Å². The molecule has 0 atom stereocenters. The monoisotopic (exact) mass is 430 g/mol. The molecule has 148 valence electrons. The molecule has 0 saturated heterocycles. The molecule has 0 saturated carbocycles. The van der Waals surface area contributed by atoms with Gasteiger partial charge in [-0.25, -0.2) is 8.42 Å². The van der Waals surface area contributed by atoms with E-state index in [1.165, 1.54) is 36.4 Å². The van der Waals surface area contributed by atoms with E-state index in [1.54, 1.807) is 30.3 Å². The first-order valence-corrected chi connectivity index (χ1v) is 10.4. The van der Waals surface area contributed by atoms with Gasteiger partial charge in [0.2, 0.25) is 6.79 Å². The summed E-state index contributed by atoms with van der Waals surface area (Å²) in [6.45, 7) is 0.127. The maximum Gasteiger partial charge on any atom is 0.261 e. The van der Waals surface area contributed by atoms with Crippen LogP contribution in [0, 0.1) is 0 Å². The molecule has 29 heavy (non-hydrogen) atoms. The minimum Gasteiger partial charge on any atom is -0.454 e. The highest BCUT2D eigenvalue weighted by molar-refractivity contribution is 7.92. The SMILES string of the molecule is O=C(Nc1ccc2c(c1)OCO2)c1ccccc1NS(=O)(=O)c1ccc(Cl)cc1. The lowest BCUT2D eigenvalue weighted by atomic mass is 10.1. The summed E-state index contributed by atoms with van der Waals surface area (Å²) in [4.78, 5) is 12.8. The van der Waals surface area contributed by atoms with Crippen molar-refractivity contribution >= 4 is 38.9 Å². The summed E-state index contributed by atoms with van der Waals surface area (Å²) in [5.41, 5.74) is 0.818. The van der Waals surface area contributed by atoms with Crippen molar-refractivity contribution in [3.8, 4) is 11.5 Å². The summed E-state index contributed by atoms with van der Waals surface area (Å²) in [5, 5.41) is 3.16. The summed E-state index contributed by atoms with van der Waals surface area (Å²) in [6, 6.07) is 17.1. The number of carbonyl (C=O) groups excluding carboxylic acids is 1. The van der Waals surface area contributed by atoms with Crippen LogP contribution in [-0.4, -0.2) is 21.1 Å². The van der Waals surface area contributed by atoms with Crippen LogP contribution in [0.15, 0.2) is 71.6 Å². The molecule has 2 N–H and O–H groups in total. The normalized spacial score (nSPS) is 12.4. The molecule has 3 aromatic rings. The van der Waals surface area contributed by atoms with Crippen LogP contribution in [0.4, 0.5) is 11.4 Å². The largest absolute Gasteiger partial charge is 0.454 e. The lowest BCUT2D eigenvalue weighted by Crippen LogP contribution is -2.18. The van der Waals surface area contributed by atoms with Gasteiger partial charge < -0.3 is 14.8 Å². The number of carbonyl (C=O) groups is 1. The maximum absolute atomic E-state index is 12.8. The van der Waals surface area contributed by atoms with E-state index in [1.807, 2.05) is 0 Å². The molecule has 1 amide bonds. The number of amides is 1. The van der Waals surface area contributed by atoms with Gasteiger partial charge in [0.05, 0.1) is 16.1 Å². The second-order valence-corrected chi connectivity index (χ2v) is 8.25. The van der Waals surface area contributed by atoms with Crippen LogP contribution in [0.1, 0.15) is 10.4 Å². The van der Waals surface area contributed by atoms with Crippen LogP contribution in [0.2, 0.25) is 5.02 Å². The summed E-state index contributed by atoms with van der Waals surface area (Å²) >= 11 is 5.82. The van der Waals surface area contributed by atoms with Gasteiger partial charge in [0.25, 0.3) is 15.9 Å². The maximum atomic E-state index is 12.8. The second-order valence-electron chi connectivity index (χ2n) is 6.13. The highest BCUT2D eigenvalue weighted by Crippen LogP contribution is 2.34. The molecule has 1 aliphatic heterocycles. The number of anilines is 2. The Morgan fingerprint density at radius 3 is 2.45 bits per heavy atom. The Bertz CT molecular complexity index is 1180. The van der Waals surface area contributed by atoms with Gasteiger partial charge in [-0.15, -0.1) is 0 Å². The molecule has 0 unspecified atom stereocenters. The van der Waals surface area contributed by atoms with Gasteiger partial charge in [0, 0.05) is 16.8 Å². The van der Waals surface area contributed by atoms with Crippen molar-refractivity contribution in [2.24, 2.45) is 0 Å². The summed E-state index contributed by atoms with van der Waals surface area (Å²) < 4.78 is 38.3. The Morgan fingerprint density at radius 1 is 0.931 bits per heavy atom. The fraction of sp³-hybridized carbons (Fsp3) is 0.0500. The van der Waals surface area contributed by atoms with Gasteiger partial charge in [0.15, 0.2) is 11.5 Å². The number of sulfonamides is 1. The van der Waals surface area contributed by atoms with Crippen LogP contribution in [-0.2, 0) is 10.0 Å². The Morgan fingerprint density at radius 2 is 1.66 bits per heavy atom. The highest BCUT2D eigenvalue weighted by atomic mass is 35.5. The molecule has 0 radical (unpaired) electrons. The number of nitrogens with one attached hydrogen (secondary N) is 2. The first-order valence-electron chi connectivity index (χ1n) is 8.51. The lowest BCUT2D eigenvalue weighted by molar-refractivity contribution is 0.102. The number of para-hydroxylation sites is 1. The second kappa shape index (κ2) is 7.65. The van der Waals surface area contributed by atoms with Gasteiger partial charge in [-0.1, -0.05) is 23.7 Å².